The standard InChI is InChI=1S/C13H19NO3/c1-4-13(5-2,12(15)16)9-7-6-8-10(17-3)11(9)14/h6-8H,4-5,14H2,1-3H3,(H,15,16). The number of nitrogen functional groups attached to an aromatic ring is 1. The predicted octanol–water partition coefficient (Wildman–Crippen LogP) is 2.42. The number of anilines is 1. The maximum Gasteiger partial charge on any atom is 0.314 e. The monoisotopic (exact) mass is 237 g/mol. The van der Waals surface area contributed by atoms with Crippen LogP contribution in [0.3, 0.4) is 0 Å². The number of para-hydroxylation sites is 1. The Morgan fingerprint density at radius 2 is 2.00 bits per heavy atom. The van der Waals surface area contributed by atoms with Crippen molar-refractivity contribution in [3.8, 4) is 5.75 Å². The minimum Gasteiger partial charge on any atom is -0.495 e. The summed E-state index contributed by atoms with van der Waals surface area (Å²) < 4.78 is 5.13. The Morgan fingerprint density at radius 3 is 2.41 bits per heavy atom. The van der Waals surface area contributed by atoms with Crippen molar-refractivity contribution in [2.75, 3.05) is 12.8 Å². The molecule has 1 rings (SSSR count). The maximum atomic E-state index is 11.5. The van der Waals surface area contributed by atoms with Gasteiger partial charge in [0, 0.05) is 0 Å². The highest BCUT2D eigenvalue weighted by Crippen LogP contribution is 2.39. The Kier molecular flexibility index (Phi) is 3.99. The number of hydrogen-bond acceptors (Lipinski definition) is 3. The summed E-state index contributed by atoms with van der Waals surface area (Å²) >= 11 is 0. The highest BCUT2D eigenvalue weighted by atomic mass is 16.5. The third-order valence-electron chi connectivity index (χ3n) is 3.42. The zero-order valence-corrected chi connectivity index (χ0v) is 10.5. The zero-order chi connectivity index (χ0) is 13.1. The van der Waals surface area contributed by atoms with E-state index in [1.54, 1.807) is 18.2 Å². The molecule has 94 valence electrons. The molecule has 0 saturated carbocycles. The summed E-state index contributed by atoms with van der Waals surface area (Å²) in [6.45, 7) is 3.72. The van der Waals surface area contributed by atoms with Crippen LogP contribution in [0.25, 0.3) is 0 Å². The number of benzene rings is 1. The van der Waals surface area contributed by atoms with Gasteiger partial charge in [-0.15, -0.1) is 0 Å². The SMILES string of the molecule is CCC(CC)(C(=O)O)c1cccc(OC)c1N. The molecule has 0 amide bonds. The summed E-state index contributed by atoms with van der Waals surface area (Å²) in [5.74, 6) is -0.322. The van der Waals surface area contributed by atoms with E-state index in [1.165, 1.54) is 7.11 Å². The van der Waals surface area contributed by atoms with Crippen LogP contribution in [0.1, 0.15) is 32.3 Å². The minimum atomic E-state index is -0.932. The molecule has 4 nitrogen and oxygen atoms in total. The smallest absolute Gasteiger partial charge is 0.314 e. The van der Waals surface area contributed by atoms with Gasteiger partial charge in [-0.25, -0.2) is 0 Å². The van der Waals surface area contributed by atoms with E-state index in [-0.39, 0.29) is 0 Å². The number of methoxy groups -OCH3 is 1. The molecule has 1 aromatic carbocycles. The molecular weight excluding hydrogens is 218 g/mol. The summed E-state index contributed by atoms with van der Waals surface area (Å²) in [4.78, 5) is 11.5. The molecule has 0 atom stereocenters. The van der Waals surface area contributed by atoms with E-state index < -0.39 is 11.4 Å². The number of rotatable bonds is 5. The number of hydrogen-bond donors (Lipinski definition) is 2. The van der Waals surface area contributed by atoms with Gasteiger partial charge in [-0.1, -0.05) is 26.0 Å². The molecule has 1 aromatic rings. The van der Waals surface area contributed by atoms with Crippen LogP contribution >= 0.6 is 0 Å². The molecule has 0 aliphatic heterocycles. The number of aliphatic carboxylic acids is 1. The van der Waals surface area contributed by atoms with Gasteiger partial charge in [0.25, 0.3) is 0 Å². The van der Waals surface area contributed by atoms with Crippen molar-refractivity contribution in [2.24, 2.45) is 0 Å². The second-order valence-corrected chi connectivity index (χ2v) is 4.02. The zero-order valence-electron chi connectivity index (χ0n) is 10.5. The van der Waals surface area contributed by atoms with Gasteiger partial charge in [0.1, 0.15) is 5.75 Å². The van der Waals surface area contributed by atoms with Gasteiger partial charge in [-0.05, 0) is 24.5 Å². The van der Waals surface area contributed by atoms with Crippen LogP contribution in [0.4, 0.5) is 5.69 Å². The summed E-state index contributed by atoms with van der Waals surface area (Å²) in [7, 11) is 1.52. The molecule has 0 saturated heterocycles. The van der Waals surface area contributed by atoms with E-state index in [9.17, 15) is 9.90 Å². The first kappa shape index (κ1) is 13.4. The van der Waals surface area contributed by atoms with E-state index in [1.807, 2.05) is 13.8 Å². The first-order valence-electron chi connectivity index (χ1n) is 5.69. The summed E-state index contributed by atoms with van der Waals surface area (Å²) in [6, 6.07) is 5.27. The van der Waals surface area contributed by atoms with Crippen molar-refractivity contribution in [2.45, 2.75) is 32.1 Å². The lowest BCUT2D eigenvalue weighted by molar-refractivity contribution is -0.144. The van der Waals surface area contributed by atoms with Gasteiger partial charge in [0.2, 0.25) is 0 Å². The Labute approximate surface area is 101 Å². The van der Waals surface area contributed by atoms with Crippen LogP contribution in [0.5, 0.6) is 5.75 Å². The van der Waals surface area contributed by atoms with Crippen LogP contribution in [0, 0.1) is 0 Å². The van der Waals surface area contributed by atoms with E-state index >= 15 is 0 Å². The van der Waals surface area contributed by atoms with Crippen LogP contribution in [-0.4, -0.2) is 18.2 Å². The maximum absolute atomic E-state index is 11.5. The minimum absolute atomic E-state index is 0.418. The number of nitrogens with two attached hydrogens (primary N) is 1. The van der Waals surface area contributed by atoms with E-state index in [2.05, 4.69) is 0 Å². The highest BCUT2D eigenvalue weighted by molar-refractivity contribution is 5.84. The Hall–Kier alpha value is -1.71. The lowest BCUT2D eigenvalue weighted by atomic mass is 9.75. The van der Waals surface area contributed by atoms with Gasteiger partial charge >= 0.3 is 5.97 Å². The molecule has 3 N–H and O–H groups in total. The van der Waals surface area contributed by atoms with Crippen LogP contribution in [0.2, 0.25) is 0 Å². The fourth-order valence-electron chi connectivity index (χ4n) is 2.19. The molecule has 0 bridgehead atoms. The van der Waals surface area contributed by atoms with Crippen molar-refractivity contribution in [3.05, 3.63) is 23.8 Å². The average molecular weight is 237 g/mol. The van der Waals surface area contributed by atoms with Gasteiger partial charge in [-0.3, -0.25) is 4.79 Å². The first-order valence-corrected chi connectivity index (χ1v) is 5.69. The topological polar surface area (TPSA) is 72.5 Å². The van der Waals surface area contributed by atoms with Gasteiger partial charge in [0.15, 0.2) is 0 Å². The predicted molar refractivity (Wildman–Crippen MR) is 67.3 cm³/mol. The van der Waals surface area contributed by atoms with Crippen LogP contribution < -0.4 is 10.5 Å². The summed E-state index contributed by atoms with van der Waals surface area (Å²) in [5, 5.41) is 9.47. The van der Waals surface area contributed by atoms with Crippen molar-refractivity contribution in [1.82, 2.24) is 0 Å². The first-order chi connectivity index (χ1) is 8.03. The number of ether oxygens (including phenoxy) is 1. The van der Waals surface area contributed by atoms with E-state index in [0.29, 0.717) is 29.8 Å². The van der Waals surface area contributed by atoms with Gasteiger partial charge in [-0.2, -0.15) is 0 Å². The van der Waals surface area contributed by atoms with Gasteiger partial charge < -0.3 is 15.6 Å². The third-order valence-corrected chi connectivity index (χ3v) is 3.42. The lowest BCUT2D eigenvalue weighted by Gasteiger charge is -2.29. The van der Waals surface area contributed by atoms with Crippen molar-refractivity contribution in [1.29, 1.82) is 0 Å². The molecule has 0 aliphatic rings. The van der Waals surface area contributed by atoms with Crippen LogP contribution in [-0.2, 0) is 10.2 Å². The van der Waals surface area contributed by atoms with Gasteiger partial charge in [0.05, 0.1) is 18.2 Å². The molecular formula is C13H19NO3. The average Bonchev–Trinajstić information content (AvgIpc) is 2.33. The van der Waals surface area contributed by atoms with Crippen molar-refractivity contribution < 1.29 is 14.6 Å². The summed E-state index contributed by atoms with van der Waals surface area (Å²) in [6.07, 6.45) is 0.992. The molecule has 0 radical (unpaired) electrons. The van der Waals surface area contributed by atoms with Crippen LogP contribution in [0.15, 0.2) is 18.2 Å². The number of carbonyl (C=O) groups is 1. The fourth-order valence-corrected chi connectivity index (χ4v) is 2.19. The Balaban J connectivity index is 3.43. The quantitative estimate of drug-likeness (QED) is 0.771. The molecule has 0 fully saturated rings. The van der Waals surface area contributed by atoms with E-state index in [4.69, 9.17) is 10.5 Å². The Morgan fingerprint density at radius 1 is 1.41 bits per heavy atom. The third kappa shape index (κ3) is 2.07. The van der Waals surface area contributed by atoms with Crippen molar-refractivity contribution in [3.63, 3.8) is 0 Å². The molecule has 0 heterocycles. The fraction of sp³-hybridized carbons (Fsp3) is 0.462. The van der Waals surface area contributed by atoms with E-state index in [0.717, 1.165) is 0 Å². The normalized spacial score (nSPS) is 11.2. The molecule has 0 unspecified atom stereocenters. The number of carboxylic acids is 1. The largest absolute Gasteiger partial charge is 0.495 e. The molecule has 17 heavy (non-hydrogen) atoms. The molecule has 4 heteroatoms. The van der Waals surface area contributed by atoms with Crippen molar-refractivity contribution >= 4 is 11.7 Å². The molecule has 0 aliphatic carbocycles. The molecule has 0 spiro atoms. The second-order valence-electron chi connectivity index (χ2n) is 4.02. The highest BCUT2D eigenvalue weighted by Gasteiger charge is 2.38. The molecule has 0 aromatic heterocycles. The second kappa shape index (κ2) is 5.08. The summed E-state index contributed by atoms with van der Waals surface area (Å²) in [5.41, 5.74) is 6.10. The lowest BCUT2D eigenvalue weighted by Crippen LogP contribution is -2.35. The number of carboxylic acid groups (broad SMARTS) is 1. The Bertz CT molecular complexity index is 411.